The fourth-order valence-electron chi connectivity index (χ4n) is 3.48. The van der Waals surface area contributed by atoms with Gasteiger partial charge in [0.05, 0.1) is 12.3 Å². The lowest BCUT2D eigenvalue weighted by atomic mass is 10.1. The summed E-state index contributed by atoms with van der Waals surface area (Å²) in [5.41, 5.74) is 3.83. The third-order valence-electron chi connectivity index (χ3n) is 5.40. The minimum Gasteiger partial charge on any atom is -0.491 e. The average Bonchev–Trinajstić information content (AvgIpc) is 3.34. The zero-order valence-corrected chi connectivity index (χ0v) is 20.6. The van der Waals surface area contributed by atoms with Gasteiger partial charge in [-0.2, -0.15) is 4.98 Å². The molecule has 0 saturated heterocycles. The van der Waals surface area contributed by atoms with Gasteiger partial charge in [0.1, 0.15) is 25.1 Å². The second kappa shape index (κ2) is 12.7. The van der Waals surface area contributed by atoms with Gasteiger partial charge >= 0.3 is 6.01 Å². The first-order valence-electron chi connectivity index (χ1n) is 12.1. The summed E-state index contributed by atoms with van der Waals surface area (Å²) in [6.07, 6.45) is -0.648. The van der Waals surface area contributed by atoms with E-state index in [1.54, 1.807) is 4.68 Å². The third kappa shape index (κ3) is 7.07. The fourth-order valence-corrected chi connectivity index (χ4v) is 3.48. The number of hydrogen-bond donors (Lipinski definition) is 2. The maximum absolute atomic E-state index is 10.3. The fraction of sp³-hybridized carbons (Fsp3) is 0.286. The molecule has 0 aliphatic heterocycles. The minimum atomic E-state index is -0.648. The second-order valence-corrected chi connectivity index (χ2v) is 8.25. The lowest BCUT2D eigenvalue weighted by Gasteiger charge is -2.14. The number of hydrogen-bond acceptors (Lipinski definition) is 7. The number of aliphatic hydroxyl groups is 1. The van der Waals surface area contributed by atoms with Crippen LogP contribution in [0.4, 0.5) is 5.69 Å². The molecule has 8 nitrogen and oxygen atoms in total. The molecular formula is C28H32N4O4. The van der Waals surface area contributed by atoms with Crippen molar-refractivity contribution in [1.29, 1.82) is 0 Å². The molecule has 0 spiro atoms. The molecule has 0 radical (unpaired) electrons. The van der Waals surface area contributed by atoms with E-state index < -0.39 is 6.10 Å². The van der Waals surface area contributed by atoms with Crippen LogP contribution in [0.3, 0.4) is 0 Å². The minimum absolute atomic E-state index is 0.208. The first-order chi connectivity index (χ1) is 17.6. The van der Waals surface area contributed by atoms with E-state index in [-0.39, 0.29) is 6.61 Å². The molecule has 4 aromatic rings. The number of nitrogens with one attached hydrogen (secondary N) is 1. The molecule has 1 heterocycles. The highest BCUT2D eigenvalue weighted by atomic mass is 16.5. The first-order valence-corrected chi connectivity index (χ1v) is 12.1. The van der Waals surface area contributed by atoms with Crippen molar-refractivity contribution in [3.63, 3.8) is 0 Å². The van der Waals surface area contributed by atoms with Crippen molar-refractivity contribution in [2.45, 2.75) is 20.0 Å². The highest BCUT2D eigenvalue weighted by Gasteiger charge is 2.15. The Morgan fingerprint density at radius 2 is 1.67 bits per heavy atom. The largest absolute Gasteiger partial charge is 0.491 e. The molecule has 188 valence electrons. The number of anilines is 1. The third-order valence-corrected chi connectivity index (χ3v) is 5.40. The molecule has 0 saturated carbocycles. The van der Waals surface area contributed by atoms with Crippen molar-refractivity contribution >= 4 is 5.69 Å². The Hall–Kier alpha value is -3.88. The van der Waals surface area contributed by atoms with Crippen LogP contribution in [-0.4, -0.2) is 58.9 Å². The zero-order chi connectivity index (χ0) is 25.2. The molecule has 1 unspecified atom stereocenters. The summed E-state index contributed by atoms with van der Waals surface area (Å²) in [6.45, 7) is 6.06. The van der Waals surface area contributed by atoms with E-state index in [1.165, 1.54) is 5.56 Å². The molecule has 3 aromatic carbocycles. The SMILES string of the molecule is CCOCCOc1nc(-c2ccc(C)cc2)n(-c2ccc(NCC(O)COc3ccccc3)cc2)n1. The number of aliphatic hydroxyl groups excluding tert-OH is 1. The first kappa shape index (κ1) is 25.2. The molecule has 0 aliphatic rings. The monoisotopic (exact) mass is 488 g/mol. The Morgan fingerprint density at radius 3 is 2.39 bits per heavy atom. The van der Waals surface area contributed by atoms with E-state index in [0.717, 1.165) is 22.7 Å². The Labute approximate surface area is 211 Å². The van der Waals surface area contributed by atoms with Crippen LogP contribution in [0, 0.1) is 6.92 Å². The van der Waals surface area contributed by atoms with E-state index in [9.17, 15) is 5.11 Å². The maximum Gasteiger partial charge on any atom is 0.336 e. The molecule has 1 atom stereocenters. The van der Waals surface area contributed by atoms with Crippen molar-refractivity contribution in [2.75, 3.05) is 38.3 Å². The van der Waals surface area contributed by atoms with Crippen molar-refractivity contribution < 1.29 is 19.3 Å². The van der Waals surface area contributed by atoms with Gasteiger partial charge in [-0.1, -0.05) is 48.0 Å². The molecule has 4 rings (SSSR count). The van der Waals surface area contributed by atoms with Gasteiger partial charge in [0.15, 0.2) is 5.82 Å². The molecule has 36 heavy (non-hydrogen) atoms. The van der Waals surface area contributed by atoms with Gasteiger partial charge in [0.25, 0.3) is 0 Å². The van der Waals surface area contributed by atoms with E-state index in [0.29, 0.717) is 38.2 Å². The zero-order valence-electron chi connectivity index (χ0n) is 20.6. The average molecular weight is 489 g/mol. The number of para-hydroxylation sites is 1. The second-order valence-electron chi connectivity index (χ2n) is 8.25. The van der Waals surface area contributed by atoms with Crippen LogP contribution in [0.1, 0.15) is 12.5 Å². The van der Waals surface area contributed by atoms with Gasteiger partial charge in [-0.05, 0) is 50.2 Å². The summed E-state index contributed by atoms with van der Waals surface area (Å²) in [7, 11) is 0. The molecule has 0 bridgehead atoms. The predicted octanol–water partition coefficient (Wildman–Crippen LogP) is 4.51. The molecular weight excluding hydrogens is 456 g/mol. The summed E-state index contributed by atoms with van der Waals surface area (Å²) in [5, 5.41) is 18.1. The number of aromatic nitrogens is 3. The highest BCUT2D eigenvalue weighted by molar-refractivity contribution is 5.60. The van der Waals surface area contributed by atoms with Crippen molar-refractivity contribution in [1.82, 2.24) is 14.8 Å². The molecule has 8 heteroatoms. The van der Waals surface area contributed by atoms with E-state index in [1.807, 2.05) is 92.7 Å². The maximum atomic E-state index is 10.3. The van der Waals surface area contributed by atoms with Crippen LogP contribution in [0.5, 0.6) is 11.8 Å². The lowest BCUT2D eigenvalue weighted by Crippen LogP contribution is -2.26. The van der Waals surface area contributed by atoms with Crippen LogP contribution in [0.25, 0.3) is 17.1 Å². The molecule has 1 aromatic heterocycles. The van der Waals surface area contributed by atoms with E-state index >= 15 is 0 Å². The topological polar surface area (TPSA) is 90.7 Å². The van der Waals surface area contributed by atoms with Crippen LogP contribution in [-0.2, 0) is 4.74 Å². The smallest absolute Gasteiger partial charge is 0.336 e. The molecule has 0 fully saturated rings. The Kier molecular flexibility index (Phi) is 8.91. The van der Waals surface area contributed by atoms with Crippen LogP contribution in [0.15, 0.2) is 78.9 Å². The standard InChI is InChI=1S/C28H32N4O4/c1-3-34-17-18-35-28-30-27(22-11-9-21(2)10-12-22)32(31-28)24-15-13-23(14-16-24)29-19-25(33)20-36-26-7-5-4-6-8-26/h4-16,25,29,33H,3,17-20H2,1-2H3. The van der Waals surface area contributed by atoms with Gasteiger partial charge in [0, 0.05) is 24.4 Å². The van der Waals surface area contributed by atoms with Gasteiger partial charge in [-0.25, -0.2) is 4.68 Å². The van der Waals surface area contributed by atoms with Crippen LogP contribution < -0.4 is 14.8 Å². The van der Waals surface area contributed by atoms with Gasteiger partial charge in [0.2, 0.25) is 0 Å². The van der Waals surface area contributed by atoms with Crippen molar-refractivity contribution in [2.24, 2.45) is 0 Å². The summed E-state index contributed by atoms with van der Waals surface area (Å²) in [5.74, 6) is 1.43. The summed E-state index contributed by atoms with van der Waals surface area (Å²) in [4.78, 5) is 4.62. The van der Waals surface area contributed by atoms with Gasteiger partial charge in [-0.3, -0.25) is 0 Å². The lowest BCUT2D eigenvalue weighted by molar-refractivity contribution is 0.106. The predicted molar refractivity (Wildman–Crippen MR) is 140 cm³/mol. The highest BCUT2D eigenvalue weighted by Crippen LogP contribution is 2.25. The van der Waals surface area contributed by atoms with E-state index in [2.05, 4.69) is 15.4 Å². The normalized spacial score (nSPS) is 11.8. The van der Waals surface area contributed by atoms with Crippen LogP contribution >= 0.6 is 0 Å². The molecule has 0 amide bonds. The summed E-state index contributed by atoms with van der Waals surface area (Å²) >= 11 is 0. The Balaban J connectivity index is 1.42. The van der Waals surface area contributed by atoms with Crippen molar-refractivity contribution in [3.05, 3.63) is 84.4 Å². The number of benzene rings is 3. The summed E-state index contributed by atoms with van der Waals surface area (Å²) in [6, 6.07) is 25.7. The Bertz CT molecular complexity index is 1190. The molecule has 2 N–H and O–H groups in total. The number of nitrogens with zero attached hydrogens (tertiary/aromatic N) is 3. The quantitative estimate of drug-likeness (QED) is 0.268. The van der Waals surface area contributed by atoms with Gasteiger partial charge in [-0.15, -0.1) is 5.10 Å². The number of aryl methyl sites for hydroxylation is 1. The number of rotatable bonds is 13. The van der Waals surface area contributed by atoms with Crippen LogP contribution in [0.2, 0.25) is 0 Å². The van der Waals surface area contributed by atoms with Gasteiger partial charge < -0.3 is 24.6 Å². The summed E-state index contributed by atoms with van der Waals surface area (Å²) < 4.78 is 18.4. The Morgan fingerprint density at radius 1 is 0.917 bits per heavy atom. The van der Waals surface area contributed by atoms with Crippen molar-refractivity contribution in [3.8, 4) is 28.8 Å². The molecule has 0 aliphatic carbocycles. The van der Waals surface area contributed by atoms with E-state index in [4.69, 9.17) is 14.2 Å². The number of ether oxygens (including phenoxy) is 3.